The fraction of sp³-hybridized carbons (Fsp3) is 0.219. The van der Waals surface area contributed by atoms with Crippen LogP contribution in [0.4, 0.5) is 13.2 Å². The van der Waals surface area contributed by atoms with E-state index in [9.17, 15) is 14.3 Å². The highest BCUT2D eigenvalue weighted by atomic mass is 32.2. The van der Waals surface area contributed by atoms with Gasteiger partial charge in [0.05, 0.1) is 11.4 Å². The molecule has 228 valence electrons. The lowest BCUT2D eigenvalue weighted by Gasteiger charge is -2.23. The summed E-state index contributed by atoms with van der Waals surface area (Å²) in [5.41, 5.74) is 3.84. The summed E-state index contributed by atoms with van der Waals surface area (Å²) >= 11 is 1.15. The molecule has 0 spiro atoms. The Labute approximate surface area is 257 Å². The number of nitrogens with one attached hydrogen (secondary N) is 2. The third-order valence-corrected chi connectivity index (χ3v) is 10.9. The Kier molecular flexibility index (Phi) is 7.99. The lowest BCUT2D eigenvalue weighted by Crippen LogP contribution is -2.25. The molecule has 1 saturated carbocycles. The zero-order chi connectivity index (χ0) is 31.2. The highest BCUT2D eigenvalue weighted by Gasteiger charge is 2.30. The molecule has 7 nitrogen and oxygen atoms in total. The molecule has 0 bridgehead atoms. The lowest BCUT2D eigenvalue weighted by atomic mass is 9.95. The Morgan fingerprint density at radius 3 is 2.55 bits per heavy atom. The number of halogens is 3. The van der Waals surface area contributed by atoms with Gasteiger partial charge < -0.3 is 5.11 Å². The van der Waals surface area contributed by atoms with Crippen LogP contribution < -0.4 is 4.72 Å². The van der Waals surface area contributed by atoms with E-state index >= 15 is 8.78 Å². The number of carboxylic acids is 1. The Hall–Kier alpha value is -4.13. The van der Waals surface area contributed by atoms with Gasteiger partial charge in [-0.15, -0.1) is 21.3 Å². The lowest BCUT2D eigenvalue weighted by molar-refractivity contribution is 0.0691. The Morgan fingerprint density at radius 2 is 1.89 bits per heavy atom. The average molecular weight is 638 g/mol. The molecule has 3 aromatic carbocycles. The second-order valence-corrected chi connectivity index (χ2v) is 14.8. The van der Waals surface area contributed by atoms with Crippen molar-refractivity contribution in [2.75, 3.05) is 13.3 Å². The molecule has 2 heterocycles. The van der Waals surface area contributed by atoms with Gasteiger partial charge in [-0.25, -0.2) is 27.6 Å². The van der Waals surface area contributed by atoms with Crippen LogP contribution in [-0.4, -0.2) is 39.1 Å². The number of aromatic carboxylic acids is 1. The van der Waals surface area contributed by atoms with Gasteiger partial charge in [0.25, 0.3) is 0 Å². The molecule has 3 N–H and O–H groups in total. The molecule has 0 aliphatic heterocycles. The van der Waals surface area contributed by atoms with Crippen molar-refractivity contribution in [3.05, 3.63) is 106 Å². The first-order valence-electron chi connectivity index (χ1n) is 14.0. The van der Waals surface area contributed by atoms with E-state index in [-0.39, 0.29) is 17.7 Å². The minimum atomic E-state index is -2.59. The summed E-state index contributed by atoms with van der Waals surface area (Å²) in [7, 11) is -0.940. The highest BCUT2D eigenvalue weighted by Crippen LogP contribution is 2.39. The van der Waals surface area contributed by atoms with Crippen LogP contribution in [0.3, 0.4) is 0 Å². The van der Waals surface area contributed by atoms with E-state index in [2.05, 4.69) is 9.71 Å². The molecule has 0 radical (unpaired) electrons. The maximum Gasteiger partial charge on any atom is 0.355 e. The van der Waals surface area contributed by atoms with Crippen LogP contribution in [0.25, 0.3) is 27.5 Å². The average Bonchev–Trinajstić information content (AvgIpc) is 3.55. The maximum atomic E-state index is 15.4. The van der Waals surface area contributed by atoms with Crippen LogP contribution in [0.2, 0.25) is 0 Å². The minimum absolute atomic E-state index is 0.0971. The zero-order valence-electron chi connectivity index (χ0n) is 23.9. The van der Waals surface area contributed by atoms with Crippen LogP contribution in [0, 0.1) is 28.1 Å². The van der Waals surface area contributed by atoms with Crippen molar-refractivity contribution in [2.45, 2.75) is 30.6 Å². The number of nitrogens with zero attached hydrogens (tertiary/aromatic N) is 3. The fourth-order valence-electron chi connectivity index (χ4n) is 5.22. The summed E-state index contributed by atoms with van der Waals surface area (Å²) in [6.45, 7) is 0. The highest BCUT2D eigenvalue weighted by molar-refractivity contribution is 8.01. The zero-order valence-corrected chi connectivity index (χ0v) is 25.7. The van der Waals surface area contributed by atoms with Crippen LogP contribution >= 0.6 is 11.3 Å². The van der Waals surface area contributed by atoms with Gasteiger partial charge in [0.15, 0.2) is 5.69 Å². The number of carboxylic acid groups (broad SMARTS) is 1. The number of thiol groups is 1. The largest absolute Gasteiger partial charge is 0.476 e. The van der Waals surface area contributed by atoms with E-state index in [0.717, 1.165) is 35.4 Å². The van der Waals surface area contributed by atoms with Gasteiger partial charge in [-0.2, -0.15) is 5.10 Å². The first-order chi connectivity index (χ1) is 21.0. The normalized spacial score (nSPS) is 13.8. The number of hydrogen-bond donors (Lipinski definition) is 4. The number of thiazole rings is 1. The van der Waals surface area contributed by atoms with Crippen molar-refractivity contribution in [2.24, 2.45) is 5.92 Å². The van der Waals surface area contributed by atoms with Crippen LogP contribution in [0.15, 0.2) is 70.9 Å². The molecule has 6 rings (SSSR count). The summed E-state index contributed by atoms with van der Waals surface area (Å²) in [5, 5.41) is 16.3. The number of carbonyl (C=O) groups is 1. The molecule has 0 atom stereocenters. The minimum Gasteiger partial charge on any atom is -0.476 e. The van der Waals surface area contributed by atoms with Crippen LogP contribution in [0.5, 0.6) is 0 Å². The van der Waals surface area contributed by atoms with Gasteiger partial charge in [0.1, 0.15) is 17.5 Å². The van der Waals surface area contributed by atoms with Crippen molar-refractivity contribution >= 4 is 27.3 Å². The number of benzene rings is 3. The van der Waals surface area contributed by atoms with Crippen molar-refractivity contribution in [1.82, 2.24) is 19.5 Å². The fourth-order valence-corrected chi connectivity index (χ4v) is 7.10. The topological polar surface area (TPSA) is 104 Å². The van der Waals surface area contributed by atoms with Crippen molar-refractivity contribution in [3.8, 4) is 27.5 Å². The molecule has 0 saturated heterocycles. The monoisotopic (exact) mass is 637 g/mol. The molecule has 2 aromatic heterocycles. The molecule has 0 unspecified atom stereocenters. The SMILES string of the molecule is CN[SH](C)(=N)c1ccc(Cc2c(-c3ccc(F)c(-c4cccc(F)c4)c3)nn(-c3nc(C(=O)O)cs3)c2CC2CC2)cc1F. The maximum absolute atomic E-state index is 15.4. The van der Waals surface area contributed by atoms with Crippen molar-refractivity contribution < 1.29 is 23.1 Å². The van der Waals surface area contributed by atoms with E-state index in [4.69, 9.17) is 9.88 Å². The molecular weight excluding hydrogens is 608 g/mol. The van der Waals surface area contributed by atoms with Gasteiger partial charge in [0, 0.05) is 33.4 Å². The molecule has 12 heteroatoms. The Morgan fingerprint density at radius 1 is 1.09 bits per heavy atom. The first kappa shape index (κ1) is 29.9. The molecule has 1 aliphatic rings. The summed E-state index contributed by atoms with van der Waals surface area (Å²) in [6, 6.07) is 15.1. The second-order valence-electron chi connectivity index (χ2n) is 11.1. The molecule has 0 amide bonds. The van der Waals surface area contributed by atoms with Crippen molar-refractivity contribution in [1.29, 1.82) is 4.78 Å². The summed E-state index contributed by atoms with van der Waals surface area (Å²) in [5.74, 6) is -2.22. The Balaban J connectivity index is 1.53. The van der Waals surface area contributed by atoms with Crippen LogP contribution in [0.1, 0.15) is 40.2 Å². The predicted molar refractivity (Wildman–Crippen MR) is 167 cm³/mol. The van der Waals surface area contributed by atoms with E-state index < -0.39 is 33.4 Å². The standard InChI is InChI=1S/C32H30F3N5O2S2/c1-37-44(2,36)29-11-8-19(13-26(29)35)12-24-28(14-18-6-7-18)40(32-38-27(17-43-32)31(41)42)39-30(24)21-9-10-25(34)23(16-21)20-4-3-5-22(33)15-20/h3-5,8-11,13,15-18,44H,6-7,12,14H2,1-2H3,(H2,36,37)(H,41,42). The predicted octanol–water partition coefficient (Wildman–Crippen LogP) is 7.09. The first-order valence-corrected chi connectivity index (χ1v) is 17.1. The molecule has 1 fully saturated rings. The summed E-state index contributed by atoms with van der Waals surface area (Å²) < 4.78 is 57.6. The van der Waals surface area contributed by atoms with Crippen LogP contribution in [-0.2, 0) is 22.9 Å². The summed E-state index contributed by atoms with van der Waals surface area (Å²) in [6.07, 6.45) is 4.70. The molecule has 44 heavy (non-hydrogen) atoms. The second kappa shape index (κ2) is 11.8. The molecule has 1 aliphatic carbocycles. The van der Waals surface area contributed by atoms with Gasteiger partial charge >= 0.3 is 5.97 Å². The quantitative estimate of drug-likeness (QED) is 0.122. The van der Waals surface area contributed by atoms with Gasteiger partial charge in [-0.3, -0.25) is 9.50 Å². The summed E-state index contributed by atoms with van der Waals surface area (Å²) in [4.78, 5) is 16.3. The molecular formula is C32H30F3N5O2S2. The number of rotatable bonds is 10. The smallest absolute Gasteiger partial charge is 0.355 e. The Bertz CT molecular complexity index is 1950. The van der Waals surface area contributed by atoms with Gasteiger partial charge in [-0.05, 0) is 92.1 Å². The van der Waals surface area contributed by atoms with Gasteiger partial charge in [-0.1, -0.05) is 18.2 Å². The third kappa shape index (κ3) is 5.97. The van der Waals surface area contributed by atoms with E-state index in [0.29, 0.717) is 44.8 Å². The number of hydrogen-bond acceptors (Lipinski definition) is 5. The van der Waals surface area contributed by atoms with E-state index in [1.807, 2.05) is 0 Å². The third-order valence-electron chi connectivity index (χ3n) is 7.86. The number of aromatic nitrogens is 3. The van der Waals surface area contributed by atoms with Gasteiger partial charge in [0.2, 0.25) is 5.13 Å². The molecule has 5 aromatic rings. The van der Waals surface area contributed by atoms with E-state index in [1.54, 1.807) is 48.3 Å². The van der Waals surface area contributed by atoms with Crippen molar-refractivity contribution in [3.63, 3.8) is 0 Å². The van der Waals surface area contributed by atoms with E-state index in [1.165, 1.54) is 35.7 Å².